The van der Waals surface area contributed by atoms with Crippen LogP contribution in [0.5, 0.6) is 0 Å². The molecule has 0 saturated heterocycles. The van der Waals surface area contributed by atoms with Gasteiger partial charge in [0.15, 0.2) is 5.65 Å². The van der Waals surface area contributed by atoms with Gasteiger partial charge in [-0.1, -0.05) is 0 Å². The molecule has 0 aliphatic heterocycles. The Morgan fingerprint density at radius 2 is 2.11 bits per heavy atom. The van der Waals surface area contributed by atoms with Gasteiger partial charge in [0, 0.05) is 23.2 Å². The molecule has 0 bridgehead atoms. The van der Waals surface area contributed by atoms with Crippen molar-refractivity contribution in [2.45, 2.75) is 24.6 Å². The van der Waals surface area contributed by atoms with E-state index >= 15 is 0 Å². The average Bonchev–Trinajstić information content (AvgIpc) is 3.21. The van der Waals surface area contributed by atoms with Crippen molar-refractivity contribution in [3.05, 3.63) is 30.2 Å². The van der Waals surface area contributed by atoms with Crippen molar-refractivity contribution in [1.82, 2.24) is 24.7 Å². The summed E-state index contributed by atoms with van der Waals surface area (Å²) < 4.78 is 61.8. The molecule has 142 valence electrons. The number of fused-ring (bicyclic) bond motifs is 1. The lowest BCUT2D eigenvalue weighted by molar-refractivity contribution is -0.141. The van der Waals surface area contributed by atoms with Crippen LogP contribution < -0.4 is 16.4 Å². The minimum atomic E-state index is -4.56. The third-order valence-electron chi connectivity index (χ3n) is 4.24. The van der Waals surface area contributed by atoms with Crippen LogP contribution in [-0.4, -0.2) is 36.8 Å². The second-order valence-electron chi connectivity index (χ2n) is 6.46. The smallest absolute Gasteiger partial charge is 0.352 e. The van der Waals surface area contributed by atoms with Gasteiger partial charge >= 0.3 is 6.18 Å². The maximum Gasteiger partial charge on any atom is 0.433 e. The zero-order valence-corrected chi connectivity index (χ0v) is 13.9. The lowest BCUT2D eigenvalue weighted by atomic mass is 10.3. The number of halogens is 3. The molecule has 0 aromatic carbocycles. The molecule has 0 radical (unpaired) electrons. The Bertz CT molecular complexity index is 1070. The number of rotatable bonds is 5. The van der Waals surface area contributed by atoms with Crippen LogP contribution in [0.25, 0.3) is 11.0 Å². The quantitative estimate of drug-likeness (QED) is 0.623. The molecular formula is C16H17F3N8. The van der Waals surface area contributed by atoms with Gasteiger partial charge in [-0.25, -0.2) is 4.98 Å². The topological polar surface area (TPSA) is 107 Å². The predicted molar refractivity (Wildman–Crippen MR) is 93.5 cm³/mol. The van der Waals surface area contributed by atoms with E-state index in [9.17, 15) is 13.2 Å². The molecule has 8 nitrogen and oxygen atoms in total. The molecule has 4 rings (SSSR count). The number of alkyl halides is 3. The molecule has 1 aliphatic rings. The van der Waals surface area contributed by atoms with Gasteiger partial charge in [0.2, 0.25) is 5.95 Å². The van der Waals surface area contributed by atoms with Gasteiger partial charge in [0.25, 0.3) is 0 Å². The zero-order valence-electron chi connectivity index (χ0n) is 16.9. The van der Waals surface area contributed by atoms with Gasteiger partial charge in [0.1, 0.15) is 11.5 Å². The first kappa shape index (κ1) is 14.2. The van der Waals surface area contributed by atoms with Crippen LogP contribution in [0.4, 0.5) is 30.6 Å². The number of nitrogens with zero attached hydrogens (tertiary/aromatic N) is 5. The Labute approximate surface area is 156 Å². The number of aryl methyl sites for hydroxylation is 1. The Morgan fingerprint density at radius 1 is 1.30 bits per heavy atom. The maximum atomic E-state index is 12.7. The van der Waals surface area contributed by atoms with Crippen LogP contribution in [-0.2, 0) is 13.2 Å². The Hall–Kier alpha value is -2.95. The van der Waals surface area contributed by atoms with E-state index in [0.717, 1.165) is 29.8 Å². The molecule has 1 saturated carbocycles. The van der Waals surface area contributed by atoms with Crippen molar-refractivity contribution in [1.29, 1.82) is 0 Å². The van der Waals surface area contributed by atoms with Crippen LogP contribution in [0.2, 0.25) is 0 Å². The molecule has 4 N–H and O–H groups in total. The lowest BCUT2D eigenvalue weighted by Gasteiger charge is -2.13. The van der Waals surface area contributed by atoms with Gasteiger partial charge in [0.05, 0.1) is 23.5 Å². The normalized spacial score (nSPS) is 17.9. The molecular weight excluding hydrogens is 361 g/mol. The molecule has 3 heterocycles. The fourth-order valence-corrected chi connectivity index (χ4v) is 2.45. The van der Waals surface area contributed by atoms with Gasteiger partial charge in [-0.15, -0.1) is 0 Å². The fraction of sp³-hybridized carbons (Fsp3) is 0.375. The summed E-state index contributed by atoms with van der Waals surface area (Å²) in [7, 11) is 0. The summed E-state index contributed by atoms with van der Waals surface area (Å²) in [6.07, 6.45) is -0.580. The van der Waals surface area contributed by atoms with E-state index in [-0.39, 0.29) is 34.0 Å². The zero-order chi connectivity index (χ0) is 21.7. The molecule has 0 amide bonds. The van der Waals surface area contributed by atoms with Gasteiger partial charge in [-0.05, 0) is 25.0 Å². The summed E-state index contributed by atoms with van der Waals surface area (Å²) in [5.41, 5.74) is 4.94. The molecule has 27 heavy (non-hydrogen) atoms. The number of anilines is 3. The highest BCUT2D eigenvalue weighted by Crippen LogP contribution is 2.32. The van der Waals surface area contributed by atoms with E-state index < -0.39 is 18.8 Å². The van der Waals surface area contributed by atoms with Crippen LogP contribution in [0, 0.1) is 0 Å². The molecule has 0 unspecified atom stereocenters. The Kier molecular flexibility index (Phi) is 3.17. The van der Waals surface area contributed by atoms with Crippen LogP contribution in [0.15, 0.2) is 24.5 Å². The van der Waals surface area contributed by atoms with Crippen LogP contribution in [0.3, 0.4) is 0 Å². The van der Waals surface area contributed by atoms with Crippen LogP contribution in [0.1, 0.15) is 22.6 Å². The standard InChI is InChI=1S/C16H17F3N8/c1-27-13-10(7-23-27)12(25-14(26-13)22-8-15(20)4-5-15)24-9-2-3-11(21-6-9)16(17,18)19/h2-3,6-7H,4-5,8,20H2,1H3,(H2,22,24,25,26)/i1D3. The third-order valence-corrected chi connectivity index (χ3v) is 4.24. The molecule has 11 heteroatoms. The number of aromatic nitrogens is 5. The molecule has 3 aromatic rings. The first-order valence-electron chi connectivity index (χ1n) is 9.54. The monoisotopic (exact) mass is 381 g/mol. The van der Waals surface area contributed by atoms with Gasteiger partial charge in [-0.2, -0.15) is 28.2 Å². The molecule has 0 atom stereocenters. The Morgan fingerprint density at radius 3 is 2.74 bits per heavy atom. The number of hydrogen-bond acceptors (Lipinski definition) is 7. The van der Waals surface area contributed by atoms with Crippen molar-refractivity contribution in [3.63, 3.8) is 0 Å². The summed E-state index contributed by atoms with van der Waals surface area (Å²) >= 11 is 0. The summed E-state index contributed by atoms with van der Waals surface area (Å²) in [5, 5.41) is 10.00. The first-order valence-corrected chi connectivity index (χ1v) is 8.04. The maximum absolute atomic E-state index is 12.7. The highest BCUT2D eigenvalue weighted by atomic mass is 19.4. The van der Waals surface area contributed by atoms with E-state index in [1.807, 2.05) is 0 Å². The van der Waals surface area contributed by atoms with E-state index in [0.29, 0.717) is 6.54 Å². The summed E-state index contributed by atoms with van der Waals surface area (Å²) in [4.78, 5) is 12.0. The SMILES string of the molecule is [2H]C([2H])([2H])n1ncc2c(Nc3ccc(C(F)(F)F)nc3)nc(NCC3(N)CC3)nc21. The van der Waals surface area contributed by atoms with Gasteiger partial charge in [-0.3, -0.25) is 4.68 Å². The highest BCUT2D eigenvalue weighted by Gasteiger charge is 2.38. The third kappa shape index (κ3) is 3.63. The number of pyridine rings is 1. The minimum Gasteiger partial charge on any atom is -0.352 e. The number of nitrogens with two attached hydrogens (primary N) is 1. The molecule has 1 aliphatic carbocycles. The van der Waals surface area contributed by atoms with Crippen LogP contribution >= 0.6 is 0 Å². The second-order valence-corrected chi connectivity index (χ2v) is 6.46. The molecule has 3 aromatic heterocycles. The second kappa shape index (κ2) is 6.05. The largest absolute Gasteiger partial charge is 0.433 e. The van der Waals surface area contributed by atoms with E-state index in [1.165, 1.54) is 12.3 Å². The van der Waals surface area contributed by atoms with Crippen molar-refractivity contribution in [2.75, 3.05) is 17.2 Å². The summed E-state index contributed by atoms with van der Waals surface area (Å²) in [6, 6.07) is 2.03. The van der Waals surface area contributed by atoms with Crippen molar-refractivity contribution >= 4 is 28.5 Å². The average molecular weight is 381 g/mol. The van der Waals surface area contributed by atoms with Crippen molar-refractivity contribution in [2.24, 2.45) is 12.7 Å². The van der Waals surface area contributed by atoms with Crippen molar-refractivity contribution in [3.8, 4) is 0 Å². The predicted octanol–water partition coefficient (Wildman–Crippen LogP) is 2.42. The van der Waals surface area contributed by atoms with E-state index in [4.69, 9.17) is 9.85 Å². The number of hydrogen-bond donors (Lipinski definition) is 3. The Balaban J connectivity index is 1.70. The molecule has 0 spiro atoms. The summed E-state index contributed by atoms with van der Waals surface area (Å²) in [5.74, 6) is 0.286. The van der Waals surface area contributed by atoms with Crippen molar-refractivity contribution < 1.29 is 17.3 Å². The van der Waals surface area contributed by atoms with E-state index in [1.54, 1.807) is 0 Å². The minimum absolute atomic E-state index is 0.0386. The van der Waals surface area contributed by atoms with E-state index in [2.05, 4.69) is 30.7 Å². The number of nitrogens with one attached hydrogen (secondary N) is 2. The summed E-state index contributed by atoms with van der Waals surface area (Å²) in [6.45, 7) is -2.19. The highest BCUT2D eigenvalue weighted by molar-refractivity contribution is 5.89. The first-order chi connectivity index (χ1) is 13.9. The van der Waals surface area contributed by atoms with Gasteiger partial charge < -0.3 is 16.4 Å². The lowest BCUT2D eigenvalue weighted by Crippen LogP contribution is -2.31. The molecule has 1 fully saturated rings. The fourth-order valence-electron chi connectivity index (χ4n) is 2.45.